The van der Waals surface area contributed by atoms with Gasteiger partial charge >= 0.3 is 0 Å². The summed E-state index contributed by atoms with van der Waals surface area (Å²) in [6.45, 7) is 2.97. The second kappa shape index (κ2) is 6.66. The third kappa shape index (κ3) is 3.54. The first kappa shape index (κ1) is 14.0. The predicted molar refractivity (Wildman–Crippen MR) is 75.5 cm³/mol. The van der Waals surface area contributed by atoms with Gasteiger partial charge in [0.1, 0.15) is 0 Å². The van der Waals surface area contributed by atoms with Gasteiger partial charge in [0.15, 0.2) is 0 Å². The summed E-state index contributed by atoms with van der Waals surface area (Å²) in [6.07, 6.45) is 2.40. The SMILES string of the molecule is C[C@H](CO)N[C@H](c1ccc(Br)cc1)[C@H]1CCCO1. The second-order valence-electron chi connectivity index (χ2n) is 4.83. The maximum absolute atomic E-state index is 9.21. The van der Waals surface area contributed by atoms with Gasteiger partial charge in [-0.25, -0.2) is 0 Å². The molecule has 100 valence electrons. The lowest BCUT2D eigenvalue weighted by atomic mass is 9.98. The molecule has 3 atom stereocenters. The zero-order valence-corrected chi connectivity index (χ0v) is 12.2. The Balaban J connectivity index is 2.14. The average Bonchev–Trinajstić information content (AvgIpc) is 2.90. The molecule has 0 amide bonds. The molecule has 0 spiro atoms. The van der Waals surface area contributed by atoms with Crippen LogP contribution >= 0.6 is 15.9 Å². The fourth-order valence-electron chi connectivity index (χ4n) is 2.31. The molecule has 18 heavy (non-hydrogen) atoms. The van der Waals surface area contributed by atoms with Crippen LogP contribution in [0.2, 0.25) is 0 Å². The molecular weight excluding hydrogens is 294 g/mol. The highest BCUT2D eigenvalue weighted by atomic mass is 79.9. The third-order valence-corrected chi connectivity index (χ3v) is 3.83. The molecule has 1 aliphatic rings. The van der Waals surface area contributed by atoms with Crippen molar-refractivity contribution in [3.8, 4) is 0 Å². The minimum absolute atomic E-state index is 0.0721. The molecule has 1 saturated heterocycles. The van der Waals surface area contributed by atoms with Crippen molar-refractivity contribution >= 4 is 15.9 Å². The van der Waals surface area contributed by atoms with E-state index in [4.69, 9.17) is 4.74 Å². The van der Waals surface area contributed by atoms with Crippen LogP contribution in [0.15, 0.2) is 28.7 Å². The summed E-state index contributed by atoms with van der Waals surface area (Å²) >= 11 is 3.45. The van der Waals surface area contributed by atoms with Gasteiger partial charge < -0.3 is 15.2 Å². The van der Waals surface area contributed by atoms with E-state index in [-0.39, 0.29) is 24.8 Å². The summed E-state index contributed by atoms with van der Waals surface area (Å²) in [6, 6.07) is 8.53. The first-order chi connectivity index (χ1) is 8.70. The Morgan fingerprint density at radius 3 is 2.72 bits per heavy atom. The van der Waals surface area contributed by atoms with Crippen molar-refractivity contribution in [1.29, 1.82) is 0 Å². The Morgan fingerprint density at radius 2 is 2.17 bits per heavy atom. The molecule has 1 aromatic rings. The number of benzene rings is 1. The summed E-state index contributed by atoms with van der Waals surface area (Å²) < 4.78 is 6.87. The molecule has 1 fully saturated rings. The Bertz CT molecular complexity index is 363. The topological polar surface area (TPSA) is 41.5 Å². The van der Waals surface area contributed by atoms with E-state index >= 15 is 0 Å². The highest BCUT2D eigenvalue weighted by Crippen LogP contribution is 2.28. The van der Waals surface area contributed by atoms with Crippen LogP contribution < -0.4 is 5.32 Å². The number of hydrogen-bond acceptors (Lipinski definition) is 3. The predicted octanol–water partition coefficient (Wildman–Crippen LogP) is 2.64. The molecular formula is C14H20BrNO2. The van der Waals surface area contributed by atoms with Gasteiger partial charge in [0, 0.05) is 17.1 Å². The molecule has 0 aromatic heterocycles. The van der Waals surface area contributed by atoms with Gasteiger partial charge in [-0.1, -0.05) is 28.1 Å². The Labute approximate surface area is 117 Å². The van der Waals surface area contributed by atoms with E-state index in [0.29, 0.717) is 0 Å². The van der Waals surface area contributed by atoms with Crippen molar-refractivity contribution in [2.75, 3.05) is 13.2 Å². The maximum atomic E-state index is 9.21. The van der Waals surface area contributed by atoms with E-state index in [9.17, 15) is 5.11 Å². The summed E-state index contributed by atoms with van der Waals surface area (Å²) in [5.41, 5.74) is 1.21. The largest absolute Gasteiger partial charge is 0.395 e. The lowest BCUT2D eigenvalue weighted by molar-refractivity contribution is 0.0708. The molecule has 1 heterocycles. The van der Waals surface area contributed by atoms with Gasteiger partial charge in [0.2, 0.25) is 0 Å². The van der Waals surface area contributed by atoms with Gasteiger partial charge in [-0.2, -0.15) is 0 Å². The van der Waals surface area contributed by atoms with E-state index < -0.39 is 0 Å². The van der Waals surface area contributed by atoms with Crippen molar-refractivity contribution < 1.29 is 9.84 Å². The van der Waals surface area contributed by atoms with Gasteiger partial charge in [-0.05, 0) is 37.5 Å². The maximum Gasteiger partial charge on any atom is 0.0770 e. The molecule has 3 nitrogen and oxygen atoms in total. The number of nitrogens with one attached hydrogen (secondary N) is 1. The molecule has 0 saturated carbocycles. The molecule has 1 aromatic carbocycles. The quantitative estimate of drug-likeness (QED) is 0.878. The molecule has 0 aliphatic carbocycles. The molecule has 2 rings (SSSR count). The minimum atomic E-state index is 0.0721. The third-order valence-electron chi connectivity index (χ3n) is 3.30. The number of aliphatic hydroxyl groups is 1. The summed E-state index contributed by atoms with van der Waals surface area (Å²) in [5, 5.41) is 12.7. The van der Waals surface area contributed by atoms with E-state index in [1.165, 1.54) is 5.56 Å². The molecule has 0 radical (unpaired) electrons. The second-order valence-corrected chi connectivity index (χ2v) is 5.75. The zero-order chi connectivity index (χ0) is 13.0. The fourth-order valence-corrected chi connectivity index (χ4v) is 2.58. The summed E-state index contributed by atoms with van der Waals surface area (Å²) in [5.74, 6) is 0. The van der Waals surface area contributed by atoms with E-state index in [1.807, 2.05) is 19.1 Å². The first-order valence-electron chi connectivity index (χ1n) is 6.44. The number of rotatable bonds is 5. The van der Waals surface area contributed by atoms with Crippen molar-refractivity contribution in [3.05, 3.63) is 34.3 Å². The standard InChI is InChI=1S/C14H20BrNO2/c1-10(9-17)16-14(13-3-2-8-18-13)11-4-6-12(15)7-5-11/h4-7,10,13-14,16-17H,2-3,8-9H2,1H3/t10-,13-,14-/m1/s1. The Kier molecular flexibility index (Phi) is 5.18. The highest BCUT2D eigenvalue weighted by molar-refractivity contribution is 9.10. The van der Waals surface area contributed by atoms with Crippen molar-refractivity contribution in [2.24, 2.45) is 0 Å². The van der Waals surface area contributed by atoms with Crippen LogP contribution in [-0.2, 0) is 4.74 Å². The van der Waals surface area contributed by atoms with Crippen molar-refractivity contribution in [1.82, 2.24) is 5.32 Å². The molecule has 0 bridgehead atoms. The molecule has 1 aliphatic heterocycles. The van der Waals surface area contributed by atoms with Crippen LogP contribution in [0, 0.1) is 0 Å². The lowest BCUT2D eigenvalue weighted by Gasteiger charge is -2.27. The Morgan fingerprint density at radius 1 is 1.44 bits per heavy atom. The van der Waals surface area contributed by atoms with Crippen LogP contribution in [0.25, 0.3) is 0 Å². The van der Waals surface area contributed by atoms with E-state index in [2.05, 4.69) is 33.4 Å². The fraction of sp³-hybridized carbons (Fsp3) is 0.571. The normalized spacial score (nSPS) is 22.9. The highest BCUT2D eigenvalue weighted by Gasteiger charge is 2.28. The first-order valence-corrected chi connectivity index (χ1v) is 7.24. The summed E-state index contributed by atoms with van der Waals surface area (Å²) in [4.78, 5) is 0. The number of aliphatic hydroxyl groups excluding tert-OH is 1. The molecule has 0 unspecified atom stereocenters. The smallest absolute Gasteiger partial charge is 0.0770 e. The summed E-state index contributed by atoms with van der Waals surface area (Å²) in [7, 11) is 0. The lowest BCUT2D eigenvalue weighted by Crippen LogP contribution is -2.39. The number of ether oxygens (including phenoxy) is 1. The van der Waals surface area contributed by atoms with Crippen LogP contribution in [-0.4, -0.2) is 30.5 Å². The van der Waals surface area contributed by atoms with Crippen LogP contribution in [0.4, 0.5) is 0 Å². The zero-order valence-electron chi connectivity index (χ0n) is 10.6. The van der Waals surface area contributed by atoms with Gasteiger partial charge in [0.25, 0.3) is 0 Å². The molecule has 4 heteroatoms. The average molecular weight is 314 g/mol. The van der Waals surface area contributed by atoms with Crippen LogP contribution in [0.1, 0.15) is 31.4 Å². The van der Waals surface area contributed by atoms with Crippen LogP contribution in [0.5, 0.6) is 0 Å². The van der Waals surface area contributed by atoms with Gasteiger partial charge in [-0.15, -0.1) is 0 Å². The monoisotopic (exact) mass is 313 g/mol. The minimum Gasteiger partial charge on any atom is -0.395 e. The van der Waals surface area contributed by atoms with E-state index in [1.54, 1.807) is 0 Å². The number of hydrogen-bond donors (Lipinski definition) is 2. The van der Waals surface area contributed by atoms with Crippen molar-refractivity contribution in [3.63, 3.8) is 0 Å². The van der Waals surface area contributed by atoms with Crippen molar-refractivity contribution in [2.45, 2.75) is 38.0 Å². The Hall–Kier alpha value is -0.420. The van der Waals surface area contributed by atoms with E-state index in [0.717, 1.165) is 23.9 Å². The van der Waals surface area contributed by atoms with Crippen LogP contribution in [0.3, 0.4) is 0 Å². The van der Waals surface area contributed by atoms with Gasteiger partial charge in [-0.3, -0.25) is 0 Å². The van der Waals surface area contributed by atoms with Gasteiger partial charge in [0.05, 0.1) is 18.8 Å². The molecule has 2 N–H and O–H groups in total. The number of halogens is 1.